The van der Waals surface area contributed by atoms with Gasteiger partial charge in [0.1, 0.15) is 12.1 Å². The molecule has 1 amide bonds. The molecule has 1 N–H and O–H groups in total. The van der Waals surface area contributed by atoms with E-state index in [-0.39, 0.29) is 11.8 Å². The Hall–Kier alpha value is -3.21. The molecule has 1 aromatic heterocycles. The molecular formula is C22H22N4O. The molecule has 0 spiro atoms. The zero-order valence-corrected chi connectivity index (χ0v) is 15.3. The lowest BCUT2D eigenvalue weighted by Crippen LogP contribution is -2.52. The topological polar surface area (TPSA) is 58.1 Å². The molecule has 0 saturated carbocycles. The van der Waals surface area contributed by atoms with Crippen LogP contribution in [0.3, 0.4) is 0 Å². The number of amides is 1. The standard InChI is InChI=1S/C22H22N4O/c1-2-16-8-10-19(11-9-16)25-22(27)18-13-26(14-18)21-12-20(23-15-24-21)17-6-4-3-5-7-17/h3-12,15,18H,2,13-14H2,1H3,(H,25,27). The van der Waals surface area contributed by atoms with Crippen LogP contribution in [0.5, 0.6) is 0 Å². The summed E-state index contributed by atoms with van der Waals surface area (Å²) in [7, 11) is 0. The van der Waals surface area contributed by atoms with Crippen molar-refractivity contribution < 1.29 is 4.79 Å². The molecule has 0 radical (unpaired) electrons. The summed E-state index contributed by atoms with van der Waals surface area (Å²) >= 11 is 0. The molecule has 2 aromatic carbocycles. The molecule has 0 atom stereocenters. The van der Waals surface area contributed by atoms with E-state index in [4.69, 9.17) is 0 Å². The molecule has 3 aromatic rings. The Morgan fingerprint density at radius 3 is 2.52 bits per heavy atom. The lowest BCUT2D eigenvalue weighted by molar-refractivity contribution is -0.120. The van der Waals surface area contributed by atoms with Crippen LogP contribution in [-0.2, 0) is 11.2 Å². The van der Waals surface area contributed by atoms with Gasteiger partial charge in [0.15, 0.2) is 0 Å². The van der Waals surface area contributed by atoms with Crippen LogP contribution in [0.1, 0.15) is 12.5 Å². The van der Waals surface area contributed by atoms with Gasteiger partial charge in [-0.1, -0.05) is 49.4 Å². The first-order chi connectivity index (χ1) is 13.2. The first kappa shape index (κ1) is 17.2. The zero-order valence-electron chi connectivity index (χ0n) is 15.3. The van der Waals surface area contributed by atoms with E-state index >= 15 is 0 Å². The number of benzene rings is 2. The molecule has 5 heteroatoms. The van der Waals surface area contributed by atoms with Gasteiger partial charge < -0.3 is 10.2 Å². The van der Waals surface area contributed by atoms with Gasteiger partial charge in [0.2, 0.25) is 5.91 Å². The van der Waals surface area contributed by atoms with Gasteiger partial charge in [0.05, 0.1) is 11.6 Å². The fourth-order valence-electron chi connectivity index (χ4n) is 3.19. The molecule has 2 heterocycles. The highest BCUT2D eigenvalue weighted by atomic mass is 16.2. The first-order valence-electron chi connectivity index (χ1n) is 9.25. The van der Waals surface area contributed by atoms with Crippen LogP contribution in [0.2, 0.25) is 0 Å². The van der Waals surface area contributed by atoms with E-state index < -0.39 is 0 Å². The van der Waals surface area contributed by atoms with Crippen LogP contribution >= 0.6 is 0 Å². The Balaban J connectivity index is 1.37. The van der Waals surface area contributed by atoms with E-state index in [9.17, 15) is 4.79 Å². The molecule has 4 rings (SSSR count). The van der Waals surface area contributed by atoms with Crippen molar-refractivity contribution in [2.45, 2.75) is 13.3 Å². The minimum Gasteiger partial charge on any atom is -0.355 e. The van der Waals surface area contributed by atoms with Gasteiger partial charge in [-0.15, -0.1) is 0 Å². The minimum absolute atomic E-state index is 0.0222. The van der Waals surface area contributed by atoms with E-state index in [0.29, 0.717) is 13.1 Å². The fourth-order valence-corrected chi connectivity index (χ4v) is 3.19. The lowest BCUT2D eigenvalue weighted by atomic mass is 9.98. The second-order valence-electron chi connectivity index (χ2n) is 6.77. The van der Waals surface area contributed by atoms with Crippen molar-refractivity contribution in [3.05, 3.63) is 72.6 Å². The molecule has 1 fully saturated rings. The quantitative estimate of drug-likeness (QED) is 0.754. The number of hydrogen-bond acceptors (Lipinski definition) is 4. The molecule has 5 nitrogen and oxygen atoms in total. The highest BCUT2D eigenvalue weighted by Gasteiger charge is 2.33. The lowest BCUT2D eigenvalue weighted by Gasteiger charge is -2.39. The van der Waals surface area contributed by atoms with Crippen molar-refractivity contribution in [1.29, 1.82) is 0 Å². The van der Waals surface area contributed by atoms with E-state index in [1.54, 1.807) is 6.33 Å². The number of rotatable bonds is 5. The number of aryl methyl sites for hydroxylation is 1. The van der Waals surface area contributed by atoms with Gasteiger partial charge in [-0.2, -0.15) is 0 Å². The zero-order chi connectivity index (χ0) is 18.6. The molecule has 1 aliphatic heterocycles. The number of carbonyl (C=O) groups excluding carboxylic acids is 1. The maximum atomic E-state index is 12.4. The van der Waals surface area contributed by atoms with Gasteiger partial charge in [-0.3, -0.25) is 4.79 Å². The van der Waals surface area contributed by atoms with Crippen LogP contribution in [0, 0.1) is 5.92 Å². The Bertz CT molecular complexity index is 919. The van der Waals surface area contributed by atoms with Crippen LogP contribution in [0.15, 0.2) is 67.0 Å². The van der Waals surface area contributed by atoms with Crippen molar-refractivity contribution in [2.75, 3.05) is 23.3 Å². The molecule has 27 heavy (non-hydrogen) atoms. The summed E-state index contributed by atoms with van der Waals surface area (Å²) in [4.78, 5) is 23.3. The molecule has 0 bridgehead atoms. The summed E-state index contributed by atoms with van der Waals surface area (Å²) in [5.41, 5.74) is 4.07. The van der Waals surface area contributed by atoms with Crippen LogP contribution in [0.4, 0.5) is 11.5 Å². The van der Waals surface area contributed by atoms with Crippen molar-refractivity contribution in [3.8, 4) is 11.3 Å². The summed E-state index contributed by atoms with van der Waals surface area (Å²) in [6.07, 6.45) is 2.58. The van der Waals surface area contributed by atoms with Crippen molar-refractivity contribution >= 4 is 17.4 Å². The van der Waals surface area contributed by atoms with Gasteiger partial charge in [-0.25, -0.2) is 9.97 Å². The Morgan fingerprint density at radius 2 is 1.81 bits per heavy atom. The van der Waals surface area contributed by atoms with Gasteiger partial charge in [0, 0.05) is 30.4 Å². The molecule has 0 aliphatic carbocycles. The molecular weight excluding hydrogens is 336 g/mol. The highest BCUT2D eigenvalue weighted by Crippen LogP contribution is 2.26. The molecule has 1 aliphatic rings. The van der Waals surface area contributed by atoms with Crippen molar-refractivity contribution in [2.24, 2.45) is 5.92 Å². The van der Waals surface area contributed by atoms with Crippen molar-refractivity contribution in [1.82, 2.24) is 9.97 Å². The van der Waals surface area contributed by atoms with Crippen molar-refractivity contribution in [3.63, 3.8) is 0 Å². The Labute approximate surface area is 159 Å². The SMILES string of the molecule is CCc1ccc(NC(=O)C2CN(c3cc(-c4ccccc4)ncn3)C2)cc1. The Kier molecular flexibility index (Phi) is 4.83. The van der Waals surface area contributed by atoms with E-state index in [1.807, 2.05) is 48.5 Å². The summed E-state index contributed by atoms with van der Waals surface area (Å²) in [5.74, 6) is 0.902. The number of hydrogen-bond donors (Lipinski definition) is 1. The van der Waals surface area contributed by atoms with Crippen LogP contribution in [-0.4, -0.2) is 29.0 Å². The molecule has 1 saturated heterocycles. The van der Waals surface area contributed by atoms with E-state index in [0.717, 1.165) is 29.2 Å². The summed E-state index contributed by atoms with van der Waals surface area (Å²) in [5, 5.41) is 3.01. The summed E-state index contributed by atoms with van der Waals surface area (Å²) in [6.45, 7) is 3.46. The number of nitrogens with zero attached hydrogens (tertiary/aromatic N) is 3. The fraction of sp³-hybridized carbons (Fsp3) is 0.227. The highest BCUT2D eigenvalue weighted by molar-refractivity contribution is 5.94. The van der Waals surface area contributed by atoms with E-state index in [2.05, 4.69) is 39.2 Å². The van der Waals surface area contributed by atoms with Crippen LogP contribution in [0.25, 0.3) is 11.3 Å². The second kappa shape index (κ2) is 7.58. The third kappa shape index (κ3) is 3.82. The average Bonchev–Trinajstić information content (AvgIpc) is 2.68. The monoisotopic (exact) mass is 358 g/mol. The summed E-state index contributed by atoms with van der Waals surface area (Å²) < 4.78 is 0. The summed E-state index contributed by atoms with van der Waals surface area (Å²) in [6, 6.07) is 20.0. The number of anilines is 2. The van der Waals surface area contributed by atoms with Crippen LogP contribution < -0.4 is 10.2 Å². The Morgan fingerprint density at radius 1 is 1.07 bits per heavy atom. The van der Waals surface area contributed by atoms with Gasteiger partial charge in [0.25, 0.3) is 0 Å². The largest absolute Gasteiger partial charge is 0.355 e. The smallest absolute Gasteiger partial charge is 0.231 e. The molecule has 136 valence electrons. The molecule has 0 unspecified atom stereocenters. The number of carbonyl (C=O) groups is 1. The maximum Gasteiger partial charge on any atom is 0.231 e. The normalized spacial score (nSPS) is 13.9. The van der Waals surface area contributed by atoms with E-state index in [1.165, 1.54) is 5.56 Å². The third-order valence-corrected chi connectivity index (χ3v) is 4.93. The average molecular weight is 358 g/mol. The first-order valence-corrected chi connectivity index (χ1v) is 9.25. The number of aromatic nitrogens is 2. The van der Waals surface area contributed by atoms with Gasteiger partial charge >= 0.3 is 0 Å². The predicted molar refractivity (Wildman–Crippen MR) is 108 cm³/mol. The number of nitrogens with one attached hydrogen (secondary N) is 1. The third-order valence-electron chi connectivity index (χ3n) is 4.93. The van der Waals surface area contributed by atoms with Gasteiger partial charge in [-0.05, 0) is 24.1 Å². The minimum atomic E-state index is -0.0222. The predicted octanol–water partition coefficient (Wildman–Crippen LogP) is 3.78. The second-order valence-corrected chi connectivity index (χ2v) is 6.77. The maximum absolute atomic E-state index is 12.4.